The second kappa shape index (κ2) is 6.22. The molecule has 2 rings (SSSR count). The van der Waals surface area contributed by atoms with Crippen molar-refractivity contribution in [1.29, 1.82) is 5.26 Å². The minimum atomic E-state index is -4.91. The highest BCUT2D eigenvalue weighted by molar-refractivity contribution is 7.99. The fourth-order valence-electron chi connectivity index (χ4n) is 2.05. The van der Waals surface area contributed by atoms with Gasteiger partial charge in [-0.25, -0.2) is 0 Å². The van der Waals surface area contributed by atoms with Crippen LogP contribution in [-0.2, 0) is 0 Å². The van der Waals surface area contributed by atoms with E-state index in [2.05, 4.69) is 0 Å². The number of benzene rings is 1. The Morgan fingerprint density at radius 1 is 1.25 bits per heavy atom. The van der Waals surface area contributed by atoms with Crippen LogP contribution in [0.25, 0.3) is 5.57 Å². The van der Waals surface area contributed by atoms with Crippen molar-refractivity contribution < 1.29 is 31.4 Å². The Morgan fingerprint density at radius 2 is 1.92 bits per heavy atom. The number of halogens is 6. The first-order valence-corrected chi connectivity index (χ1v) is 7.44. The van der Waals surface area contributed by atoms with E-state index in [1.165, 1.54) is 18.2 Å². The summed E-state index contributed by atoms with van der Waals surface area (Å²) in [6, 6.07) is 5.51. The summed E-state index contributed by atoms with van der Waals surface area (Å²) in [5, 5.41) is 20.3. The molecule has 0 fully saturated rings. The average Bonchev–Trinajstić information content (AvgIpc) is 2.87. The lowest BCUT2D eigenvalue weighted by Gasteiger charge is -2.26. The van der Waals surface area contributed by atoms with Crippen molar-refractivity contribution in [3.05, 3.63) is 35.5 Å². The molecule has 0 bridgehead atoms. The van der Waals surface area contributed by atoms with E-state index in [1.54, 1.807) is 6.07 Å². The predicted octanol–water partition coefficient (Wildman–Crippen LogP) is 3.80. The van der Waals surface area contributed by atoms with Crippen LogP contribution in [-0.4, -0.2) is 28.9 Å². The molecule has 0 aromatic heterocycles. The van der Waals surface area contributed by atoms with Gasteiger partial charge in [0.05, 0.1) is 11.3 Å². The van der Waals surface area contributed by atoms with Gasteiger partial charge in [0.1, 0.15) is 6.07 Å². The highest BCUT2D eigenvalue weighted by Crippen LogP contribution is 2.40. The van der Waals surface area contributed by atoms with E-state index < -0.39 is 30.3 Å². The van der Waals surface area contributed by atoms with E-state index >= 15 is 0 Å². The highest BCUT2D eigenvalue weighted by atomic mass is 32.2. The highest BCUT2D eigenvalue weighted by Gasteiger charge is 2.56. The van der Waals surface area contributed by atoms with Crippen LogP contribution < -0.4 is 5.32 Å². The van der Waals surface area contributed by atoms with Crippen molar-refractivity contribution in [2.75, 3.05) is 5.75 Å². The summed E-state index contributed by atoms with van der Waals surface area (Å²) in [6.07, 6.45) is -9.18. The SMILES string of the molecule is N#Cc1ccc(C2=CNC(O)(C(F)(F)F)C2)cc1SCC(F)(F)F. The van der Waals surface area contributed by atoms with Crippen LogP contribution >= 0.6 is 11.8 Å². The molecule has 0 aliphatic carbocycles. The fraction of sp³-hybridized carbons (Fsp3) is 0.357. The summed E-state index contributed by atoms with van der Waals surface area (Å²) in [4.78, 5) is 0.00988. The number of rotatable bonds is 3. The molecule has 0 amide bonds. The van der Waals surface area contributed by atoms with Crippen LogP contribution in [0.5, 0.6) is 0 Å². The molecule has 1 aromatic carbocycles. The second-order valence-electron chi connectivity index (χ2n) is 5.08. The van der Waals surface area contributed by atoms with Crippen molar-refractivity contribution in [2.45, 2.75) is 29.4 Å². The van der Waals surface area contributed by atoms with E-state index in [1.807, 2.05) is 5.32 Å². The van der Waals surface area contributed by atoms with Crippen molar-refractivity contribution in [2.24, 2.45) is 0 Å². The lowest BCUT2D eigenvalue weighted by molar-refractivity contribution is -0.263. The number of hydrogen-bond donors (Lipinski definition) is 2. The number of alkyl halides is 6. The van der Waals surface area contributed by atoms with Gasteiger partial charge in [0.15, 0.2) is 0 Å². The molecule has 0 saturated carbocycles. The molecule has 1 atom stereocenters. The lowest BCUT2D eigenvalue weighted by Crippen LogP contribution is -2.52. The topological polar surface area (TPSA) is 56.0 Å². The molecule has 1 aliphatic rings. The molecule has 1 aliphatic heterocycles. The molecule has 24 heavy (non-hydrogen) atoms. The van der Waals surface area contributed by atoms with Gasteiger partial charge in [-0.2, -0.15) is 31.6 Å². The largest absolute Gasteiger partial charge is 0.436 e. The maximum absolute atomic E-state index is 12.8. The van der Waals surface area contributed by atoms with Gasteiger partial charge in [0, 0.05) is 17.5 Å². The smallest absolute Gasteiger partial charge is 0.363 e. The molecule has 0 radical (unpaired) electrons. The van der Waals surface area contributed by atoms with Gasteiger partial charge in [-0.3, -0.25) is 0 Å². The summed E-state index contributed by atoms with van der Waals surface area (Å²) in [7, 11) is 0. The standard InChI is InChI=1S/C14H10F6N2OS/c15-13(16,17)7-24-11-3-8(1-2-9(11)5-21)10-4-12(23,22-6-10)14(18,19)20/h1-3,6,22-23H,4,7H2. The van der Waals surface area contributed by atoms with Crippen LogP contribution in [0.4, 0.5) is 26.3 Å². The normalized spacial score (nSPS) is 21.2. The van der Waals surface area contributed by atoms with Crippen LogP contribution in [0.15, 0.2) is 29.3 Å². The summed E-state index contributed by atoms with van der Waals surface area (Å²) in [5.74, 6) is -1.23. The minimum absolute atomic E-state index is 0.00867. The van der Waals surface area contributed by atoms with Gasteiger partial charge >= 0.3 is 12.4 Å². The molecule has 1 heterocycles. The van der Waals surface area contributed by atoms with Gasteiger partial charge < -0.3 is 10.4 Å². The zero-order valence-electron chi connectivity index (χ0n) is 11.8. The van der Waals surface area contributed by atoms with Crippen LogP contribution in [0.2, 0.25) is 0 Å². The van der Waals surface area contributed by atoms with Crippen molar-refractivity contribution in [3.8, 4) is 6.07 Å². The Bertz CT molecular complexity index is 707. The van der Waals surface area contributed by atoms with Gasteiger partial charge in [-0.1, -0.05) is 6.07 Å². The summed E-state index contributed by atoms with van der Waals surface area (Å²) >= 11 is 0.377. The van der Waals surface area contributed by atoms with Crippen LogP contribution in [0.1, 0.15) is 17.5 Å². The third-order valence-electron chi connectivity index (χ3n) is 3.26. The predicted molar refractivity (Wildman–Crippen MR) is 74.7 cm³/mol. The fourth-order valence-corrected chi connectivity index (χ4v) is 2.84. The monoisotopic (exact) mass is 368 g/mol. The summed E-state index contributed by atoms with van der Waals surface area (Å²) in [5.41, 5.74) is -2.85. The number of nitrogens with one attached hydrogen (secondary N) is 1. The van der Waals surface area contributed by atoms with E-state index in [-0.39, 0.29) is 21.6 Å². The first-order valence-electron chi connectivity index (χ1n) is 6.45. The van der Waals surface area contributed by atoms with E-state index in [0.29, 0.717) is 11.8 Å². The number of hydrogen-bond acceptors (Lipinski definition) is 4. The molecular formula is C14H10F6N2OS. The molecule has 1 unspecified atom stereocenters. The quantitative estimate of drug-likeness (QED) is 0.630. The Morgan fingerprint density at radius 3 is 2.42 bits per heavy atom. The Hall–Kier alpha value is -1.86. The zero-order valence-corrected chi connectivity index (χ0v) is 12.6. The first kappa shape index (κ1) is 18.5. The van der Waals surface area contributed by atoms with Gasteiger partial charge in [-0.15, -0.1) is 11.8 Å². The van der Waals surface area contributed by atoms with Crippen molar-refractivity contribution >= 4 is 17.3 Å². The Labute approximate surface area is 137 Å². The summed E-state index contributed by atoms with van der Waals surface area (Å²) < 4.78 is 75.3. The van der Waals surface area contributed by atoms with Gasteiger partial charge in [0.2, 0.25) is 5.72 Å². The Kier molecular flexibility index (Phi) is 4.79. The maximum atomic E-state index is 12.8. The van der Waals surface area contributed by atoms with Crippen LogP contribution in [0.3, 0.4) is 0 Å². The molecule has 10 heteroatoms. The third kappa shape index (κ3) is 3.96. The van der Waals surface area contributed by atoms with Gasteiger partial charge in [-0.05, 0) is 23.3 Å². The summed E-state index contributed by atoms with van der Waals surface area (Å²) in [6.45, 7) is 0. The van der Waals surface area contributed by atoms with E-state index in [9.17, 15) is 31.4 Å². The van der Waals surface area contributed by atoms with Crippen molar-refractivity contribution in [3.63, 3.8) is 0 Å². The first-order chi connectivity index (χ1) is 11.0. The zero-order chi connectivity index (χ0) is 18.2. The Balaban J connectivity index is 2.26. The molecule has 2 N–H and O–H groups in total. The minimum Gasteiger partial charge on any atom is -0.363 e. The average molecular weight is 368 g/mol. The second-order valence-corrected chi connectivity index (χ2v) is 6.09. The molecule has 3 nitrogen and oxygen atoms in total. The van der Waals surface area contributed by atoms with Gasteiger partial charge in [0.25, 0.3) is 0 Å². The number of nitriles is 1. The third-order valence-corrected chi connectivity index (χ3v) is 4.39. The van der Waals surface area contributed by atoms with Crippen molar-refractivity contribution in [1.82, 2.24) is 5.32 Å². The molecule has 0 saturated heterocycles. The van der Waals surface area contributed by atoms with E-state index in [4.69, 9.17) is 5.26 Å². The molecular weight excluding hydrogens is 358 g/mol. The molecule has 130 valence electrons. The number of thioether (sulfide) groups is 1. The number of aliphatic hydroxyl groups is 1. The number of nitrogens with zero attached hydrogens (tertiary/aromatic N) is 1. The maximum Gasteiger partial charge on any atom is 0.436 e. The molecule has 0 spiro atoms. The molecule has 1 aromatic rings. The van der Waals surface area contributed by atoms with E-state index in [0.717, 1.165) is 6.20 Å². The van der Waals surface area contributed by atoms with Crippen LogP contribution in [0, 0.1) is 11.3 Å². The lowest BCUT2D eigenvalue weighted by atomic mass is 9.99.